The van der Waals surface area contributed by atoms with Gasteiger partial charge in [0.25, 0.3) is 0 Å². The zero-order chi connectivity index (χ0) is 13.8. The van der Waals surface area contributed by atoms with Crippen molar-refractivity contribution >= 4 is 0 Å². The van der Waals surface area contributed by atoms with Crippen LogP contribution >= 0.6 is 0 Å². The molecule has 0 aliphatic carbocycles. The normalized spacial score (nSPS) is 9.95. The first kappa shape index (κ1) is 12.0. The first-order chi connectivity index (χ1) is 9.88. The summed E-state index contributed by atoms with van der Waals surface area (Å²) in [5, 5.41) is 9.22. The van der Waals surface area contributed by atoms with Gasteiger partial charge in [-0.25, -0.2) is 4.98 Å². The predicted molar refractivity (Wildman–Crippen MR) is 75.4 cm³/mol. The summed E-state index contributed by atoms with van der Waals surface area (Å²) in [6, 6.07) is 13.3. The molecule has 3 aromatic rings. The molecule has 0 atom stereocenters. The van der Waals surface area contributed by atoms with Crippen LogP contribution in [0.4, 0.5) is 0 Å². The standard InChI is InChI=1S/C16H10N4/c17-9-12-5-6-15(13-3-1-7-18-10-13)20-16(12)14-4-2-8-19-11-14/h1-8,10-11H. The van der Waals surface area contributed by atoms with Crippen molar-refractivity contribution in [1.29, 1.82) is 5.26 Å². The van der Waals surface area contributed by atoms with Crippen molar-refractivity contribution in [2.45, 2.75) is 0 Å². The quantitative estimate of drug-likeness (QED) is 0.708. The number of nitriles is 1. The second kappa shape index (κ2) is 5.29. The molecule has 20 heavy (non-hydrogen) atoms. The number of hydrogen-bond acceptors (Lipinski definition) is 4. The molecular weight excluding hydrogens is 248 g/mol. The van der Waals surface area contributed by atoms with Crippen molar-refractivity contribution < 1.29 is 0 Å². The van der Waals surface area contributed by atoms with Gasteiger partial charge in [-0.05, 0) is 36.4 Å². The summed E-state index contributed by atoms with van der Waals surface area (Å²) in [6.45, 7) is 0. The van der Waals surface area contributed by atoms with Crippen molar-refractivity contribution in [3.8, 4) is 28.6 Å². The van der Waals surface area contributed by atoms with Gasteiger partial charge in [0, 0.05) is 35.9 Å². The lowest BCUT2D eigenvalue weighted by Crippen LogP contribution is -1.93. The van der Waals surface area contributed by atoms with Crippen molar-refractivity contribution in [3.05, 3.63) is 66.7 Å². The van der Waals surface area contributed by atoms with Gasteiger partial charge in [-0.2, -0.15) is 5.26 Å². The smallest absolute Gasteiger partial charge is 0.101 e. The summed E-state index contributed by atoms with van der Waals surface area (Å²) in [7, 11) is 0. The Morgan fingerprint density at radius 2 is 1.55 bits per heavy atom. The van der Waals surface area contributed by atoms with E-state index in [1.54, 1.807) is 30.9 Å². The lowest BCUT2D eigenvalue weighted by molar-refractivity contribution is 1.25. The number of nitrogens with zero attached hydrogens (tertiary/aromatic N) is 4. The Labute approximate surface area is 116 Å². The average Bonchev–Trinajstić information content (AvgIpc) is 2.56. The van der Waals surface area contributed by atoms with Crippen LogP contribution in [0.25, 0.3) is 22.5 Å². The van der Waals surface area contributed by atoms with E-state index in [9.17, 15) is 5.26 Å². The fourth-order valence-corrected chi connectivity index (χ4v) is 1.95. The molecule has 4 heteroatoms. The highest BCUT2D eigenvalue weighted by atomic mass is 14.7. The van der Waals surface area contributed by atoms with Crippen LogP contribution in [0.5, 0.6) is 0 Å². The molecule has 0 N–H and O–H groups in total. The molecule has 0 spiro atoms. The molecule has 3 rings (SSSR count). The second-order valence-corrected chi connectivity index (χ2v) is 4.19. The molecule has 0 saturated heterocycles. The van der Waals surface area contributed by atoms with E-state index in [1.165, 1.54) is 0 Å². The molecule has 0 fully saturated rings. The Hall–Kier alpha value is -3.06. The Morgan fingerprint density at radius 1 is 0.850 bits per heavy atom. The maximum Gasteiger partial charge on any atom is 0.101 e. The highest BCUT2D eigenvalue weighted by Crippen LogP contribution is 2.24. The van der Waals surface area contributed by atoms with Crippen molar-refractivity contribution in [2.75, 3.05) is 0 Å². The summed E-state index contributed by atoms with van der Waals surface area (Å²) in [6.07, 6.45) is 6.87. The van der Waals surface area contributed by atoms with Gasteiger partial charge in [0.15, 0.2) is 0 Å². The van der Waals surface area contributed by atoms with Crippen molar-refractivity contribution in [1.82, 2.24) is 15.0 Å². The molecule has 0 aliphatic heterocycles. The summed E-state index contributed by atoms with van der Waals surface area (Å²) < 4.78 is 0. The van der Waals surface area contributed by atoms with E-state index in [4.69, 9.17) is 0 Å². The molecule has 0 radical (unpaired) electrons. The lowest BCUT2D eigenvalue weighted by atomic mass is 10.1. The molecule has 0 amide bonds. The van der Waals surface area contributed by atoms with Gasteiger partial charge in [-0.15, -0.1) is 0 Å². The molecule has 0 bridgehead atoms. The number of aromatic nitrogens is 3. The van der Waals surface area contributed by atoms with E-state index in [0.29, 0.717) is 11.3 Å². The number of rotatable bonds is 2. The Balaban J connectivity index is 2.16. The monoisotopic (exact) mass is 258 g/mol. The average molecular weight is 258 g/mol. The third-order valence-corrected chi connectivity index (χ3v) is 2.91. The van der Waals surface area contributed by atoms with E-state index in [1.807, 2.05) is 30.3 Å². The van der Waals surface area contributed by atoms with Gasteiger partial charge in [0.2, 0.25) is 0 Å². The van der Waals surface area contributed by atoms with Gasteiger partial charge in [0.1, 0.15) is 6.07 Å². The number of hydrogen-bond donors (Lipinski definition) is 0. The van der Waals surface area contributed by atoms with Crippen LogP contribution in [-0.2, 0) is 0 Å². The van der Waals surface area contributed by atoms with Gasteiger partial charge in [0.05, 0.1) is 17.0 Å². The number of pyridine rings is 3. The van der Waals surface area contributed by atoms with Crippen LogP contribution in [0.15, 0.2) is 61.2 Å². The Kier molecular flexibility index (Phi) is 3.17. The predicted octanol–water partition coefficient (Wildman–Crippen LogP) is 3.08. The third-order valence-electron chi connectivity index (χ3n) is 2.91. The van der Waals surface area contributed by atoms with E-state index in [-0.39, 0.29) is 0 Å². The van der Waals surface area contributed by atoms with Crippen LogP contribution in [0, 0.1) is 11.3 Å². The summed E-state index contributed by atoms with van der Waals surface area (Å²) in [4.78, 5) is 12.7. The van der Waals surface area contributed by atoms with Gasteiger partial charge in [-0.1, -0.05) is 0 Å². The largest absolute Gasteiger partial charge is 0.264 e. The summed E-state index contributed by atoms with van der Waals surface area (Å²) in [5.74, 6) is 0. The van der Waals surface area contributed by atoms with Crippen LogP contribution in [0.1, 0.15) is 5.56 Å². The molecular formula is C16H10N4. The molecule has 3 aromatic heterocycles. The Bertz CT molecular complexity index is 761. The van der Waals surface area contributed by atoms with Crippen LogP contribution in [-0.4, -0.2) is 15.0 Å². The van der Waals surface area contributed by atoms with Crippen LogP contribution in [0.3, 0.4) is 0 Å². The van der Waals surface area contributed by atoms with E-state index < -0.39 is 0 Å². The van der Waals surface area contributed by atoms with Gasteiger partial charge < -0.3 is 0 Å². The Morgan fingerprint density at radius 3 is 2.15 bits per heavy atom. The first-order valence-electron chi connectivity index (χ1n) is 6.10. The lowest BCUT2D eigenvalue weighted by Gasteiger charge is -2.06. The zero-order valence-electron chi connectivity index (χ0n) is 10.6. The van der Waals surface area contributed by atoms with E-state index in [0.717, 1.165) is 16.8 Å². The van der Waals surface area contributed by atoms with Crippen molar-refractivity contribution in [2.24, 2.45) is 0 Å². The molecule has 0 aliphatic rings. The third kappa shape index (κ3) is 2.25. The maximum atomic E-state index is 9.22. The summed E-state index contributed by atoms with van der Waals surface area (Å²) in [5.41, 5.74) is 3.71. The highest BCUT2D eigenvalue weighted by Gasteiger charge is 2.09. The first-order valence-corrected chi connectivity index (χ1v) is 6.10. The van der Waals surface area contributed by atoms with Gasteiger partial charge in [-0.3, -0.25) is 9.97 Å². The minimum absolute atomic E-state index is 0.533. The zero-order valence-corrected chi connectivity index (χ0v) is 10.6. The van der Waals surface area contributed by atoms with Gasteiger partial charge >= 0.3 is 0 Å². The molecule has 4 nitrogen and oxygen atoms in total. The molecule has 0 saturated carbocycles. The van der Waals surface area contributed by atoms with Crippen molar-refractivity contribution in [3.63, 3.8) is 0 Å². The minimum atomic E-state index is 0.533. The molecule has 0 aromatic carbocycles. The fraction of sp³-hybridized carbons (Fsp3) is 0. The SMILES string of the molecule is N#Cc1ccc(-c2cccnc2)nc1-c1cccnc1. The topological polar surface area (TPSA) is 62.5 Å². The van der Waals surface area contributed by atoms with Crippen LogP contribution in [0.2, 0.25) is 0 Å². The highest BCUT2D eigenvalue weighted by molar-refractivity contribution is 5.70. The van der Waals surface area contributed by atoms with Crippen LogP contribution < -0.4 is 0 Å². The molecule has 0 unspecified atom stereocenters. The summed E-state index contributed by atoms with van der Waals surface area (Å²) >= 11 is 0. The van der Waals surface area contributed by atoms with E-state index in [2.05, 4.69) is 21.0 Å². The van der Waals surface area contributed by atoms with E-state index >= 15 is 0 Å². The second-order valence-electron chi connectivity index (χ2n) is 4.19. The fourth-order valence-electron chi connectivity index (χ4n) is 1.95. The maximum absolute atomic E-state index is 9.22. The molecule has 94 valence electrons. The molecule has 3 heterocycles. The minimum Gasteiger partial charge on any atom is -0.264 e.